The van der Waals surface area contributed by atoms with E-state index in [0.29, 0.717) is 6.42 Å². The van der Waals surface area contributed by atoms with Crippen LogP contribution in [-0.4, -0.2) is 17.8 Å². The Morgan fingerprint density at radius 3 is 2.50 bits per heavy atom. The maximum absolute atomic E-state index is 12.0. The van der Waals surface area contributed by atoms with Crippen LogP contribution in [-0.2, 0) is 4.79 Å². The number of nitrogens with one attached hydrogen (secondary N) is 2. The van der Waals surface area contributed by atoms with Crippen LogP contribution < -0.4 is 16.0 Å². The van der Waals surface area contributed by atoms with E-state index in [-0.39, 0.29) is 17.7 Å². The fraction of sp³-hybridized carbons (Fsp3) is 0.727. The molecule has 1 aliphatic heterocycles. The van der Waals surface area contributed by atoms with Gasteiger partial charge in [-0.2, -0.15) is 0 Å². The van der Waals surface area contributed by atoms with Gasteiger partial charge in [0, 0.05) is 0 Å². The number of hydrogen-bond donors (Lipinski definition) is 3. The zero-order valence-corrected chi connectivity index (χ0v) is 10.1. The third-order valence-electron chi connectivity index (χ3n) is 3.48. The quantitative estimate of drug-likeness (QED) is 0.604. The van der Waals surface area contributed by atoms with E-state index in [4.69, 9.17) is 5.73 Å². The van der Waals surface area contributed by atoms with Gasteiger partial charge in [-0.3, -0.25) is 4.79 Å². The normalized spacial score (nSPS) is 27.3. The molecule has 0 spiro atoms. The molecule has 0 aromatic heterocycles. The van der Waals surface area contributed by atoms with Crippen LogP contribution in [0.2, 0.25) is 0 Å². The van der Waals surface area contributed by atoms with E-state index >= 15 is 0 Å². The highest BCUT2D eigenvalue weighted by molar-refractivity contribution is 6.12. The van der Waals surface area contributed by atoms with Gasteiger partial charge in [0.15, 0.2) is 5.41 Å². The summed E-state index contributed by atoms with van der Waals surface area (Å²) in [6.45, 7) is 5.97. The number of hydrogen-bond acceptors (Lipinski definition) is 3. The Balaban J connectivity index is 3.15. The van der Waals surface area contributed by atoms with Crippen molar-refractivity contribution in [3.63, 3.8) is 0 Å². The van der Waals surface area contributed by atoms with Crippen molar-refractivity contribution in [3.8, 4) is 0 Å². The van der Waals surface area contributed by atoms with E-state index in [9.17, 15) is 9.59 Å². The van der Waals surface area contributed by atoms with Gasteiger partial charge < -0.3 is 5.73 Å². The highest BCUT2D eigenvalue weighted by atomic mass is 16.2. The summed E-state index contributed by atoms with van der Waals surface area (Å²) in [5.41, 5.74) is 5.10. The molecule has 0 saturated heterocycles. The Morgan fingerprint density at radius 1 is 1.44 bits per heavy atom. The van der Waals surface area contributed by atoms with Gasteiger partial charge >= 0.3 is 6.03 Å². The van der Waals surface area contributed by atoms with Crippen LogP contribution >= 0.6 is 0 Å². The van der Waals surface area contributed by atoms with Crippen molar-refractivity contribution < 1.29 is 14.6 Å². The van der Waals surface area contributed by atoms with Gasteiger partial charge in [0.1, 0.15) is 0 Å². The average molecular weight is 226 g/mol. The molecule has 16 heavy (non-hydrogen) atoms. The first kappa shape index (κ1) is 12.7. The Hall–Kier alpha value is -1.39. The molecule has 0 bridgehead atoms. The molecule has 0 saturated carbocycles. The molecule has 1 aliphatic rings. The van der Waals surface area contributed by atoms with Gasteiger partial charge in [-0.1, -0.05) is 27.2 Å². The Morgan fingerprint density at radius 2 is 2.06 bits per heavy atom. The van der Waals surface area contributed by atoms with Gasteiger partial charge in [0.05, 0.1) is 0 Å². The lowest BCUT2D eigenvalue weighted by Crippen LogP contribution is -2.90. The molecule has 4 N–H and O–H groups in total. The molecule has 0 radical (unpaired) electrons. The topological polar surface area (TPSA) is 86.2 Å². The molecule has 0 unspecified atom stereocenters. The van der Waals surface area contributed by atoms with E-state index in [1.54, 1.807) is 0 Å². The predicted molar refractivity (Wildman–Crippen MR) is 60.5 cm³/mol. The van der Waals surface area contributed by atoms with Crippen LogP contribution in [0.3, 0.4) is 0 Å². The summed E-state index contributed by atoms with van der Waals surface area (Å²) < 4.78 is 0. The van der Waals surface area contributed by atoms with Crippen LogP contribution in [0.1, 0.15) is 40.0 Å². The lowest BCUT2D eigenvalue weighted by atomic mass is 9.70. The number of carbonyl (C=O) groups is 2. The Labute approximate surface area is 95.5 Å². The second-order valence-electron chi connectivity index (χ2n) is 4.34. The van der Waals surface area contributed by atoms with Gasteiger partial charge in [0.2, 0.25) is 5.84 Å². The third-order valence-corrected chi connectivity index (χ3v) is 3.48. The molecule has 0 aromatic carbocycles. The van der Waals surface area contributed by atoms with Crippen LogP contribution in [0, 0.1) is 11.3 Å². The molecular weight excluding hydrogens is 206 g/mol. The molecule has 0 fully saturated rings. The summed E-state index contributed by atoms with van der Waals surface area (Å²) in [6.07, 6.45) is 2.47. The first-order valence-corrected chi connectivity index (χ1v) is 5.74. The second kappa shape index (κ2) is 4.63. The molecule has 1 rings (SSSR count). The summed E-state index contributed by atoms with van der Waals surface area (Å²) in [6, 6.07) is -0.532. The largest absolute Gasteiger partial charge is 0.440 e. The molecule has 1 heterocycles. The fourth-order valence-corrected chi connectivity index (χ4v) is 2.47. The highest BCUT2D eigenvalue weighted by Crippen LogP contribution is 2.34. The first-order chi connectivity index (χ1) is 7.48. The maximum Gasteiger partial charge on any atom is 0.440 e. The van der Waals surface area contributed by atoms with Crippen molar-refractivity contribution in [1.29, 1.82) is 0 Å². The van der Waals surface area contributed by atoms with Crippen molar-refractivity contribution in [3.05, 3.63) is 0 Å². The maximum atomic E-state index is 12.0. The standard InChI is InChI=1S/C11H19N3O2/c1-4-6-7(3)11(5-2)8(12)13-10(16)14-9(11)15/h7H,4-6H2,1-3H3,(H3,12,13,14,15,16)/p+1/t7-,11-/m1/s1. The molecule has 2 atom stereocenters. The van der Waals surface area contributed by atoms with Crippen molar-refractivity contribution in [2.24, 2.45) is 17.1 Å². The lowest BCUT2D eigenvalue weighted by molar-refractivity contribution is -0.355. The minimum Gasteiger partial charge on any atom is -0.321 e. The molecule has 0 aliphatic carbocycles. The molecule has 90 valence electrons. The number of imide groups is 1. The zero-order chi connectivity index (χ0) is 12.3. The fourth-order valence-electron chi connectivity index (χ4n) is 2.47. The van der Waals surface area contributed by atoms with E-state index in [0.717, 1.165) is 12.8 Å². The van der Waals surface area contributed by atoms with Crippen molar-refractivity contribution in [2.45, 2.75) is 40.0 Å². The molecule has 3 amide bonds. The number of carbonyl (C=O) groups excluding carboxylic acids is 2. The SMILES string of the molecule is CCC[C@@H](C)[C@@]1(CC)C(=O)NC(=O)[NH+]=C1N. The average Bonchev–Trinajstić information content (AvgIpc) is 2.18. The Bertz CT molecular complexity index is 338. The molecule has 5 heteroatoms. The van der Waals surface area contributed by atoms with Crippen LogP contribution in [0.25, 0.3) is 0 Å². The molecule has 5 nitrogen and oxygen atoms in total. The van der Waals surface area contributed by atoms with Gasteiger partial charge in [-0.15, -0.1) is 0 Å². The Kier molecular flexibility index (Phi) is 3.67. The van der Waals surface area contributed by atoms with E-state index < -0.39 is 11.4 Å². The van der Waals surface area contributed by atoms with E-state index in [1.807, 2.05) is 13.8 Å². The minimum atomic E-state index is -0.760. The third kappa shape index (κ3) is 1.81. The number of urea groups is 1. The lowest BCUT2D eigenvalue weighted by Gasteiger charge is -2.34. The first-order valence-electron chi connectivity index (χ1n) is 5.74. The smallest absolute Gasteiger partial charge is 0.321 e. The van der Waals surface area contributed by atoms with Crippen molar-refractivity contribution in [2.75, 3.05) is 0 Å². The van der Waals surface area contributed by atoms with Crippen LogP contribution in [0.4, 0.5) is 4.79 Å². The van der Waals surface area contributed by atoms with E-state index in [1.165, 1.54) is 0 Å². The van der Waals surface area contributed by atoms with Crippen molar-refractivity contribution >= 4 is 17.8 Å². The predicted octanol–water partition coefficient (Wildman–Crippen LogP) is -0.493. The van der Waals surface area contributed by atoms with Crippen molar-refractivity contribution in [1.82, 2.24) is 5.32 Å². The number of amidine groups is 1. The van der Waals surface area contributed by atoms with Gasteiger partial charge in [0.25, 0.3) is 5.91 Å². The summed E-state index contributed by atoms with van der Waals surface area (Å²) >= 11 is 0. The minimum absolute atomic E-state index is 0.114. The molecular formula is C11H20N3O2+. The van der Waals surface area contributed by atoms with Crippen LogP contribution in [0.5, 0.6) is 0 Å². The summed E-state index contributed by atoms with van der Waals surface area (Å²) in [4.78, 5) is 25.7. The monoisotopic (exact) mass is 226 g/mol. The van der Waals surface area contributed by atoms with Gasteiger partial charge in [-0.05, 0) is 18.8 Å². The summed E-state index contributed by atoms with van der Waals surface area (Å²) in [5.74, 6) is 0.116. The van der Waals surface area contributed by atoms with Crippen LogP contribution in [0.15, 0.2) is 0 Å². The summed E-state index contributed by atoms with van der Waals surface area (Å²) in [5, 5.41) is 2.30. The summed E-state index contributed by atoms with van der Waals surface area (Å²) in [7, 11) is 0. The van der Waals surface area contributed by atoms with E-state index in [2.05, 4.69) is 17.2 Å². The zero-order valence-electron chi connectivity index (χ0n) is 10.1. The molecule has 0 aromatic rings. The van der Waals surface area contributed by atoms with Gasteiger partial charge in [-0.25, -0.2) is 15.1 Å². The number of rotatable bonds is 4. The number of nitrogens with two attached hydrogens (primary N) is 1. The second-order valence-corrected chi connectivity index (χ2v) is 4.34. The number of amides is 3. The highest BCUT2D eigenvalue weighted by Gasteiger charge is 2.52.